The Morgan fingerprint density at radius 1 is 1.15 bits per heavy atom. The summed E-state index contributed by atoms with van der Waals surface area (Å²) in [5, 5.41) is 0. The van der Waals surface area contributed by atoms with Crippen LogP contribution in [0.3, 0.4) is 0 Å². The van der Waals surface area contributed by atoms with Crippen molar-refractivity contribution in [3.63, 3.8) is 0 Å². The largest absolute Gasteiger partial charge is 0.0984 e. The van der Waals surface area contributed by atoms with Crippen molar-refractivity contribution in [2.24, 2.45) is 0 Å². The van der Waals surface area contributed by atoms with Crippen LogP contribution in [0.5, 0.6) is 0 Å². The minimum absolute atomic E-state index is 0.00141. The zero-order chi connectivity index (χ0) is 15.1. The quantitative estimate of drug-likeness (QED) is 0.630. The minimum Gasteiger partial charge on any atom is -0.0984 e. The van der Waals surface area contributed by atoms with Crippen molar-refractivity contribution in [1.29, 1.82) is 0 Å². The Bertz CT molecular complexity index is 649. The molecule has 0 fully saturated rings. The van der Waals surface area contributed by atoms with Crippen LogP contribution in [0, 0.1) is 6.92 Å². The van der Waals surface area contributed by atoms with Crippen LogP contribution < -0.4 is 0 Å². The average molecular weight is 264 g/mol. The zero-order valence-electron chi connectivity index (χ0n) is 13.3. The fraction of sp³-hybridized carbons (Fsp3) is 0.300. The maximum Gasteiger partial charge on any atom is 0.0155 e. The average Bonchev–Trinajstić information content (AvgIpc) is 2.41. The number of aryl methyl sites for hydroxylation is 1. The summed E-state index contributed by atoms with van der Waals surface area (Å²) in [5.41, 5.74) is 8.88. The van der Waals surface area contributed by atoms with Crippen molar-refractivity contribution < 1.29 is 0 Å². The maximum atomic E-state index is 4.34. The summed E-state index contributed by atoms with van der Waals surface area (Å²) in [7, 11) is 0. The summed E-state index contributed by atoms with van der Waals surface area (Å²) in [6.45, 7) is 19.3. The Labute approximate surface area is 123 Å². The molecule has 0 aromatic heterocycles. The lowest BCUT2D eigenvalue weighted by atomic mass is 9.66. The van der Waals surface area contributed by atoms with Crippen molar-refractivity contribution >= 4 is 11.6 Å². The number of fused-ring (bicyclic) bond motifs is 1. The second-order valence-electron chi connectivity index (χ2n) is 6.07. The van der Waals surface area contributed by atoms with Gasteiger partial charge in [0.1, 0.15) is 0 Å². The molecule has 1 aliphatic carbocycles. The van der Waals surface area contributed by atoms with E-state index in [0.717, 1.165) is 5.57 Å². The van der Waals surface area contributed by atoms with Crippen molar-refractivity contribution in [1.82, 2.24) is 0 Å². The van der Waals surface area contributed by atoms with Gasteiger partial charge in [0.05, 0.1) is 0 Å². The first-order valence-electron chi connectivity index (χ1n) is 7.16. The fourth-order valence-corrected chi connectivity index (χ4v) is 3.30. The van der Waals surface area contributed by atoms with E-state index in [0.29, 0.717) is 0 Å². The number of benzene rings is 1. The third-order valence-corrected chi connectivity index (χ3v) is 4.51. The van der Waals surface area contributed by atoms with Gasteiger partial charge in [-0.3, -0.25) is 0 Å². The third kappa shape index (κ3) is 1.91. The molecule has 1 aromatic rings. The molecule has 0 atom stereocenters. The van der Waals surface area contributed by atoms with E-state index in [-0.39, 0.29) is 5.41 Å². The zero-order valence-corrected chi connectivity index (χ0v) is 13.3. The Balaban J connectivity index is 2.87. The van der Waals surface area contributed by atoms with Gasteiger partial charge in [0.2, 0.25) is 0 Å². The number of rotatable bonds is 2. The van der Waals surface area contributed by atoms with Crippen LogP contribution in [-0.4, -0.2) is 0 Å². The van der Waals surface area contributed by atoms with E-state index in [9.17, 15) is 0 Å². The molecule has 0 heteroatoms. The van der Waals surface area contributed by atoms with E-state index in [1.807, 2.05) is 6.08 Å². The molecule has 0 nitrogen and oxygen atoms in total. The normalized spacial score (nSPS) is 17.6. The smallest absolute Gasteiger partial charge is 0.0155 e. The number of allylic oxidation sites excluding steroid dienone is 5. The summed E-state index contributed by atoms with van der Waals surface area (Å²) < 4.78 is 0. The Hall–Kier alpha value is -1.82. The molecule has 0 saturated carbocycles. The molecule has 0 amide bonds. The summed E-state index contributed by atoms with van der Waals surface area (Å²) in [4.78, 5) is 0. The van der Waals surface area contributed by atoms with Crippen LogP contribution in [-0.2, 0) is 5.41 Å². The number of hydrogen-bond donors (Lipinski definition) is 0. The highest BCUT2D eigenvalue weighted by Crippen LogP contribution is 2.47. The minimum atomic E-state index is -0.00141. The van der Waals surface area contributed by atoms with Gasteiger partial charge >= 0.3 is 0 Å². The molecule has 2 rings (SSSR count). The Kier molecular flexibility index (Phi) is 3.60. The molecular weight excluding hydrogens is 240 g/mol. The predicted octanol–water partition coefficient (Wildman–Crippen LogP) is 5.84. The monoisotopic (exact) mass is 264 g/mol. The molecule has 0 radical (unpaired) electrons. The molecular formula is C20H24. The molecule has 0 spiro atoms. The van der Waals surface area contributed by atoms with Crippen LogP contribution in [0.1, 0.15) is 49.9 Å². The summed E-state index contributed by atoms with van der Waals surface area (Å²) in [5.74, 6) is 0. The van der Waals surface area contributed by atoms with Crippen molar-refractivity contribution in [2.75, 3.05) is 0 Å². The first kappa shape index (κ1) is 14.6. The molecule has 20 heavy (non-hydrogen) atoms. The van der Waals surface area contributed by atoms with E-state index in [1.165, 1.54) is 33.4 Å². The van der Waals surface area contributed by atoms with E-state index in [2.05, 4.69) is 72.1 Å². The summed E-state index contributed by atoms with van der Waals surface area (Å²) >= 11 is 0. The highest BCUT2D eigenvalue weighted by atomic mass is 14.4. The lowest BCUT2D eigenvalue weighted by molar-refractivity contribution is 0.626. The topological polar surface area (TPSA) is 0 Å². The molecule has 0 N–H and O–H groups in total. The molecule has 104 valence electrons. The first-order valence-corrected chi connectivity index (χ1v) is 7.16. The van der Waals surface area contributed by atoms with E-state index in [1.54, 1.807) is 0 Å². The summed E-state index contributed by atoms with van der Waals surface area (Å²) in [6, 6.07) is 4.44. The van der Waals surface area contributed by atoms with E-state index < -0.39 is 0 Å². The van der Waals surface area contributed by atoms with Gasteiger partial charge in [-0.05, 0) is 59.7 Å². The van der Waals surface area contributed by atoms with Gasteiger partial charge in [-0.15, -0.1) is 0 Å². The van der Waals surface area contributed by atoms with Crippen molar-refractivity contribution in [2.45, 2.75) is 40.0 Å². The Morgan fingerprint density at radius 2 is 1.80 bits per heavy atom. The number of hydrogen-bond acceptors (Lipinski definition) is 0. The SMILES string of the molecule is C=Cc1c(C)ccc2c1C(=C)C(C)=C(/C=C\C)C2(C)C. The van der Waals surface area contributed by atoms with E-state index >= 15 is 0 Å². The standard InChI is InChI=1S/C20H24/c1-8-10-17-14(4)15(5)19-16(9-2)13(3)11-12-18(19)20(17,6)7/h8-12H,2,5H2,1,3-4,6-7H3/b10-8-. The van der Waals surface area contributed by atoms with Gasteiger partial charge in [0, 0.05) is 5.41 Å². The van der Waals surface area contributed by atoms with Gasteiger partial charge in [-0.2, -0.15) is 0 Å². The van der Waals surface area contributed by atoms with Gasteiger partial charge in [-0.1, -0.05) is 57.4 Å². The molecule has 1 aliphatic rings. The summed E-state index contributed by atoms with van der Waals surface area (Å²) in [6.07, 6.45) is 6.29. The van der Waals surface area contributed by atoms with Crippen LogP contribution in [0.15, 0.2) is 48.6 Å². The van der Waals surface area contributed by atoms with Crippen molar-refractivity contribution in [3.8, 4) is 0 Å². The van der Waals surface area contributed by atoms with Gasteiger partial charge in [0.25, 0.3) is 0 Å². The van der Waals surface area contributed by atoms with Gasteiger partial charge in [-0.25, -0.2) is 0 Å². The van der Waals surface area contributed by atoms with Crippen LogP contribution in [0.2, 0.25) is 0 Å². The van der Waals surface area contributed by atoms with Gasteiger partial charge in [0.15, 0.2) is 0 Å². The maximum absolute atomic E-state index is 4.34. The molecule has 0 aliphatic heterocycles. The predicted molar refractivity (Wildman–Crippen MR) is 90.8 cm³/mol. The molecule has 0 bridgehead atoms. The Morgan fingerprint density at radius 3 is 2.35 bits per heavy atom. The lowest BCUT2D eigenvalue weighted by Crippen LogP contribution is -2.27. The molecule has 1 aromatic carbocycles. The highest BCUT2D eigenvalue weighted by molar-refractivity contribution is 5.89. The first-order chi connectivity index (χ1) is 9.36. The fourth-order valence-electron chi connectivity index (χ4n) is 3.30. The second kappa shape index (κ2) is 4.94. The van der Waals surface area contributed by atoms with Crippen LogP contribution in [0.4, 0.5) is 0 Å². The molecule has 0 unspecified atom stereocenters. The second-order valence-corrected chi connectivity index (χ2v) is 6.07. The van der Waals surface area contributed by atoms with Crippen LogP contribution in [0.25, 0.3) is 11.6 Å². The third-order valence-electron chi connectivity index (χ3n) is 4.51. The van der Waals surface area contributed by atoms with Gasteiger partial charge < -0.3 is 0 Å². The van der Waals surface area contributed by atoms with Crippen LogP contribution >= 0.6 is 0 Å². The lowest BCUT2D eigenvalue weighted by Gasteiger charge is -2.37. The van der Waals surface area contributed by atoms with Crippen molar-refractivity contribution in [3.05, 3.63) is 70.8 Å². The molecule has 0 saturated heterocycles. The molecule has 0 heterocycles. The van der Waals surface area contributed by atoms with E-state index in [4.69, 9.17) is 0 Å². The highest BCUT2D eigenvalue weighted by Gasteiger charge is 2.34.